The summed E-state index contributed by atoms with van der Waals surface area (Å²) in [6, 6.07) is 31.1. The van der Waals surface area contributed by atoms with Crippen molar-refractivity contribution in [2.24, 2.45) is 5.92 Å². The third-order valence-electron chi connectivity index (χ3n) is 11.7. The van der Waals surface area contributed by atoms with Gasteiger partial charge in [-0.15, -0.1) is 0 Å². The van der Waals surface area contributed by atoms with E-state index in [1.807, 2.05) is 54.6 Å². The molecule has 1 aromatic heterocycles. The zero-order valence-electron chi connectivity index (χ0n) is 32.8. The Bertz CT molecular complexity index is 1660. The number of rotatable bonds is 14. The molecule has 1 amide bonds. The molecule has 4 aromatic rings. The summed E-state index contributed by atoms with van der Waals surface area (Å²) < 4.78 is 13.9. The minimum atomic E-state index is -2.07. The van der Waals surface area contributed by atoms with Crippen LogP contribution in [0.15, 0.2) is 97.3 Å². The molecule has 10 heteroatoms. The van der Waals surface area contributed by atoms with Gasteiger partial charge in [0.05, 0.1) is 6.10 Å². The van der Waals surface area contributed by atoms with E-state index in [1.54, 1.807) is 6.33 Å². The Balaban J connectivity index is 1.52. The third-order valence-corrected chi connectivity index (χ3v) is 20.7. The molecular formula is C42H59N5O3Si2. The fourth-order valence-electron chi connectivity index (χ4n) is 6.55. The average molecular weight is 738 g/mol. The fourth-order valence-corrected chi connectivity index (χ4v) is 9.01. The Labute approximate surface area is 313 Å². The van der Waals surface area contributed by atoms with E-state index in [9.17, 15) is 4.79 Å². The number of nitrogens with zero attached hydrogens (tertiary/aromatic N) is 2. The molecule has 0 aliphatic heterocycles. The van der Waals surface area contributed by atoms with Crippen LogP contribution in [-0.2, 0) is 19.2 Å². The molecule has 1 fully saturated rings. The Kier molecular flexibility index (Phi) is 11.8. The summed E-state index contributed by atoms with van der Waals surface area (Å²) in [6.07, 6.45) is 3.98. The lowest BCUT2D eigenvalue weighted by atomic mass is 9.77. The smallest absolute Gasteiger partial charge is 0.211 e. The van der Waals surface area contributed by atoms with Crippen molar-refractivity contribution in [3.05, 3.63) is 114 Å². The zero-order valence-corrected chi connectivity index (χ0v) is 34.8. The summed E-state index contributed by atoms with van der Waals surface area (Å²) in [4.78, 5) is 21.7. The van der Waals surface area contributed by atoms with Crippen molar-refractivity contribution in [1.29, 1.82) is 0 Å². The van der Waals surface area contributed by atoms with Crippen LogP contribution in [0.5, 0.6) is 0 Å². The van der Waals surface area contributed by atoms with Gasteiger partial charge in [0, 0.05) is 18.6 Å². The zero-order chi connectivity index (χ0) is 37.8. The molecule has 3 N–H and O–H groups in total. The lowest BCUT2D eigenvalue weighted by Crippen LogP contribution is -2.46. The molecule has 0 spiro atoms. The predicted molar refractivity (Wildman–Crippen MR) is 220 cm³/mol. The maximum absolute atomic E-state index is 12.3. The van der Waals surface area contributed by atoms with Crippen molar-refractivity contribution in [2.45, 2.75) is 108 Å². The topological polar surface area (TPSA) is 97.4 Å². The lowest BCUT2D eigenvalue weighted by molar-refractivity contribution is -0.105. The van der Waals surface area contributed by atoms with Crippen LogP contribution in [-0.4, -0.2) is 51.8 Å². The summed E-state index contributed by atoms with van der Waals surface area (Å²) in [5, 5.41) is 10.7. The van der Waals surface area contributed by atoms with Crippen molar-refractivity contribution >= 4 is 40.4 Å². The van der Waals surface area contributed by atoms with Gasteiger partial charge in [0.25, 0.3) is 0 Å². The van der Waals surface area contributed by atoms with E-state index in [0.29, 0.717) is 30.3 Å². The predicted octanol–water partition coefficient (Wildman–Crippen LogP) is 10.1. The molecule has 278 valence electrons. The van der Waals surface area contributed by atoms with E-state index in [-0.39, 0.29) is 28.1 Å². The van der Waals surface area contributed by atoms with Crippen LogP contribution in [0.1, 0.15) is 71.1 Å². The van der Waals surface area contributed by atoms with Crippen molar-refractivity contribution in [3.8, 4) is 0 Å². The highest BCUT2D eigenvalue weighted by atomic mass is 28.4. The van der Waals surface area contributed by atoms with Crippen LogP contribution in [0.25, 0.3) is 0 Å². The quantitative estimate of drug-likeness (QED) is 0.0673. The number of amides is 1. The first kappa shape index (κ1) is 39.4. The van der Waals surface area contributed by atoms with Crippen LogP contribution < -0.4 is 16.0 Å². The highest BCUT2D eigenvalue weighted by Gasteiger charge is 2.46. The number of hydrogen-bond acceptors (Lipinski definition) is 7. The molecule has 0 unspecified atom stereocenters. The molecule has 8 nitrogen and oxygen atoms in total. The van der Waals surface area contributed by atoms with Gasteiger partial charge in [-0.3, -0.25) is 4.79 Å². The third kappa shape index (κ3) is 8.51. The largest absolute Gasteiger partial charge is 0.416 e. The second kappa shape index (κ2) is 15.6. The Morgan fingerprint density at radius 3 is 1.65 bits per heavy atom. The first-order chi connectivity index (χ1) is 24.5. The van der Waals surface area contributed by atoms with Gasteiger partial charge in [-0.1, -0.05) is 133 Å². The van der Waals surface area contributed by atoms with E-state index in [4.69, 9.17) is 18.8 Å². The summed E-state index contributed by atoms with van der Waals surface area (Å²) in [7, 11) is -4.04. The van der Waals surface area contributed by atoms with Crippen LogP contribution >= 0.6 is 0 Å². The molecule has 3 atom stereocenters. The second-order valence-electron chi connectivity index (χ2n) is 17.2. The first-order valence-corrected chi connectivity index (χ1v) is 24.4. The molecule has 0 bridgehead atoms. The minimum Gasteiger partial charge on any atom is -0.416 e. The van der Waals surface area contributed by atoms with Gasteiger partial charge in [0.2, 0.25) is 6.41 Å². The highest BCUT2D eigenvalue weighted by Crippen LogP contribution is 2.45. The molecular weight excluding hydrogens is 679 g/mol. The van der Waals surface area contributed by atoms with Crippen LogP contribution in [0.4, 0.5) is 17.3 Å². The Hall–Kier alpha value is -3.84. The van der Waals surface area contributed by atoms with Gasteiger partial charge in [-0.25, -0.2) is 9.97 Å². The molecule has 0 saturated heterocycles. The van der Waals surface area contributed by atoms with Crippen LogP contribution in [0, 0.1) is 5.92 Å². The summed E-state index contributed by atoms with van der Waals surface area (Å²) in [6.45, 7) is 23.7. The van der Waals surface area contributed by atoms with Crippen LogP contribution in [0.2, 0.25) is 36.3 Å². The molecule has 1 saturated carbocycles. The highest BCUT2D eigenvalue weighted by molar-refractivity contribution is 6.74. The summed E-state index contributed by atoms with van der Waals surface area (Å²) in [5.41, 5.74) is 2.75. The summed E-state index contributed by atoms with van der Waals surface area (Å²) in [5.74, 6) is 1.30. The van der Waals surface area contributed by atoms with Crippen molar-refractivity contribution < 1.29 is 13.6 Å². The Morgan fingerprint density at radius 1 is 0.712 bits per heavy atom. The van der Waals surface area contributed by atoms with E-state index in [0.717, 1.165) is 29.5 Å². The van der Waals surface area contributed by atoms with Crippen molar-refractivity contribution in [3.63, 3.8) is 0 Å². The SMILES string of the molecule is CC(C)(C)[Si](C)(C)OC[C@H]1C[C@@H](Nc2ncnc(NC(c3ccccc3)(c3ccccc3)c3ccccc3)c2NC=O)C[C@@H]1O[Si](C)(C)C(C)(C)C. The second-order valence-corrected chi connectivity index (χ2v) is 26.8. The van der Waals surface area contributed by atoms with Crippen molar-refractivity contribution in [2.75, 3.05) is 22.6 Å². The first-order valence-electron chi connectivity index (χ1n) is 18.6. The molecule has 5 rings (SSSR count). The lowest BCUT2D eigenvalue weighted by Gasteiger charge is -2.41. The maximum Gasteiger partial charge on any atom is 0.211 e. The van der Waals surface area contributed by atoms with E-state index < -0.39 is 22.2 Å². The fraction of sp³-hybridized carbons (Fsp3) is 0.452. The van der Waals surface area contributed by atoms with E-state index in [2.05, 4.69) is 120 Å². The van der Waals surface area contributed by atoms with E-state index in [1.165, 1.54) is 0 Å². The monoisotopic (exact) mass is 737 g/mol. The molecule has 52 heavy (non-hydrogen) atoms. The van der Waals surface area contributed by atoms with Gasteiger partial charge >= 0.3 is 0 Å². The number of hydrogen-bond donors (Lipinski definition) is 3. The maximum atomic E-state index is 12.3. The van der Waals surface area contributed by atoms with E-state index >= 15 is 0 Å². The minimum absolute atomic E-state index is 0.0481. The number of carbonyl (C=O) groups excluding carboxylic acids is 1. The number of nitrogens with one attached hydrogen (secondary N) is 3. The molecule has 1 aliphatic carbocycles. The van der Waals surface area contributed by atoms with Gasteiger partial charge in [0.1, 0.15) is 17.6 Å². The number of benzene rings is 3. The normalized spacial score (nSPS) is 18.5. The van der Waals surface area contributed by atoms with Crippen molar-refractivity contribution in [1.82, 2.24) is 9.97 Å². The van der Waals surface area contributed by atoms with Crippen LogP contribution in [0.3, 0.4) is 0 Å². The van der Waals surface area contributed by atoms with Gasteiger partial charge in [-0.05, 0) is 65.8 Å². The number of aromatic nitrogens is 2. The number of anilines is 3. The molecule has 1 aliphatic rings. The molecule has 0 radical (unpaired) electrons. The van der Waals surface area contributed by atoms with Gasteiger partial charge in [-0.2, -0.15) is 0 Å². The van der Waals surface area contributed by atoms with Gasteiger partial charge in [0.15, 0.2) is 28.3 Å². The molecule has 3 aromatic carbocycles. The Morgan fingerprint density at radius 2 is 1.19 bits per heavy atom. The average Bonchev–Trinajstić information content (AvgIpc) is 3.47. The molecule has 1 heterocycles. The van der Waals surface area contributed by atoms with Gasteiger partial charge < -0.3 is 24.8 Å². The number of carbonyl (C=O) groups is 1. The summed E-state index contributed by atoms with van der Waals surface area (Å²) >= 11 is 0. The standard InChI is InChI=1S/C42H59N5O3Si2/c1-40(2,3)51(7,8)49-28-31-26-35(27-36(31)50-52(9,10)41(4,5)6)46-38-37(45-30-48)39(44-29-43-38)47-42(32-20-14-11-15-21-32,33-22-16-12-17-23-33)34-24-18-13-19-25-34/h11-25,29-31,35-36H,26-28H2,1-10H3,(H,45,48)(H2,43,44,46,47)/t31-,35-,36+/m1/s1.